The average Bonchev–Trinajstić information content (AvgIpc) is 4.14. The summed E-state index contributed by atoms with van der Waals surface area (Å²) in [7, 11) is 0. The van der Waals surface area contributed by atoms with Crippen molar-refractivity contribution in [1.82, 2.24) is 8.80 Å². The predicted molar refractivity (Wildman–Crippen MR) is 255 cm³/mol. The molecule has 6 nitrogen and oxygen atoms in total. The second-order valence-corrected chi connectivity index (χ2v) is 15.2. The van der Waals surface area contributed by atoms with Crippen LogP contribution in [0.1, 0.15) is 24.8 Å². The van der Waals surface area contributed by atoms with Crippen LogP contribution in [0, 0.1) is 22.7 Å². The van der Waals surface area contributed by atoms with Crippen molar-refractivity contribution >= 4 is 110 Å². The van der Waals surface area contributed by atoms with Gasteiger partial charge in [0.2, 0.25) is 0 Å². The Morgan fingerprint density at radius 2 is 0.790 bits per heavy atom. The smallest absolute Gasteiger partial charge is 0.0991 e. The van der Waals surface area contributed by atoms with Gasteiger partial charge in [0.1, 0.15) is 0 Å². The van der Waals surface area contributed by atoms with Gasteiger partial charge in [-0.05, 0) is 109 Å². The summed E-state index contributed by atoms with van der Waals surface area (Å²) in [5.74, 6) is 0. The third-order valence-corrected chi connectivity index (χ3v) is 12.2. The molecule has 0 saturated carbocycles. The van der Waals surface area contributed by atoms with Crippen molar-refractivity contribution in [2.75, 3.05) is 9.80 Å². The van der Waals surface area contributed by atoms with E-state index in [9.17, 15) is 10.5 Å². The molecule has 4 heterocycles. The van der Waals surface area contributed by atoms with E-state index in [2.05, 4.69) is 33.1 Å². The minimum Gasteiger partial charge on any atom is -0.310 e. The van der Waals surface area contributed by atoms with Crippen LogP contribution in [0.4, 0.5) is 34.1 Å². The maximum absolute atomic E-state index is 9.72. The Bertz CT molecular complexity index is 4260. The molecule has 0 amide bonds. The van der Waals surface area contributed by atoms with Gasteiger partial charge in [0.05, 0.1) is 81.4 Å². The quantitative estimate of drug-likeness (QED) is 0.168. The van der Waals surface area contributed by atoms with Gasteiger partial charge in [-0.25, -0.2) is 0 Å². The molecule has 0 N–H and O–H groups in total. The van der Waals surface area contributed by atoms with E-state index in [1.54, 1.807) is 58.3 Å². The molecule has 13 rings (SSSR count). The van der Waals surface area contributed by atoms with Gasteiger partial charge < -0.3 is 18.6 Å². The van der Waals surface area contributed by atoms with Gasteiger partial charge in [-0.1, -0.05) is 84.8 Å². The molecule has 6 heteroatoms. The normalized spacial score (nSPS) is 14.1. The Hall–Kier alpha value is -8.84. The molecule has 0 spiro atoms. The van der Waals surface area contributed by atoms with E-state index in [0.717, 1.165) is 76.2 Å². The summed E-state index contributed by atoms with van der Waals surface area (Å²) in [5.41, 5.74) is 8.23. The lowest BCUT2D eigenvalue weighted by atomic mass is 10.0. The molecular formula is C56H32N6. The van der Waals surface area contributed by atoms with E-state index in [1.165, 1.54) is 0 Å². The molecule has 0 radical (unpaired) electrons. The Morgan fingerprint density at radius 1 is 0.387 bits per heavy atom. The number of nitrogens with zero attached hydrogens (tertiary/aromatic N) is 6. The number of fused-ring (bicyclic) bond motifs is 12. The largest absolute Gasteiger partial charge is 0.310 e. The van der Waals surface area contributed by atoms with Gasteiger partial charge in [-0.3, -0.25) is 0 Å². The molecule has 0 saturated heterocycles. The molecular weight excluding hydrogens is 757 g/mol. The summed E-state index contributed by atoms with van der Waals surface area (Å²) in [6.07, 6.45) is 0. The minimum atomic E-state index is -0.504. The maximum Gasteiger partial charge on any atom is 0.0991 e. The monoisotopic (exact) mass is 798 g/mol. The number of nitriles is 2. The Kier molecular flexibility index (Phi) is 5.30. The van der Waals surface area contributed by atoms with Gasteiger partial charge in [-0.2, -0.15) is 10.5 Å². The zero-order chi connectivity index (χ0) is 49.8. The number of rotatable bonds is 6. The first-order valence-corrected chi connectivity index (χ1v) is 19.9. The van der Waals surface area contributed by atoms with Crippen LogP contribution in [0.3, 0.4) is 0 Å². The first kappa shape index (κ1) is 25.6. The van der Waals surface area contributed by atoms with Gasteiger partial charge in [0.25, 0.3) is 0 Å². The lowest BCUT2D eigenvalue weighted by molar-refractivity contribution is 1.29. The highest BCUT2D eigenvalue weighted by molar-refractivity contribution is 6.32. The molecule has 0 aliphatic carbocycles. The molecule has 0 atom stereocenters. The number of hydrogen-bond donors (Lipinski definition) is 0. The van der Waals surface area contributed by atoms with Crippen LogP contribution in [0.25, 0.3) is 76.2 Å². The Labute approximate surface area is 369 Å². The van der Waals surface area contributed by atoms with E-state index >= 15 is 0 Å². The molecule has 0 bridgehead atoms. The number of benzene rings is 9. The van der Waals surface area contributed by atoms with Crippen molar-refractivity contribution in [2.24, 2.45) is 0 Å². The lowest BCUT2D eigenvalue weighted by Gasteiger charge is -2.26. The highest BCUT2D eigenvalue weighted by atomic mass is 15.2. The second kappa shape index (κ2) is 12.8. The summed E-state index contributed by atoms with van der Waals surface area (Å²) in [6, 6.07) is 41.6. The lowest BCUT2D eigenvalue weighted by Crippen LogP contribution is -2.10. The topological polar surface area (TPSA) is 62.9 Å². The van der Waals surface area contributed by atoms with Crippen LogP contribution in [-0.4, -0.2) is 8.80 Å². The van der Waals surface area contributed by atoms with Crippen molar-refractivity contribution in [2.45, 2.75) is 0 Å². The van der Waals surface area contributed by atoms with Crippen molar-refractivity contribution in [3.05, 3.63) is 205 Å². The van der Waals surface area contributed by atoms with Crippen molar-refractivity contribution in [1.29, 1.82) is 10.5 Å². The molecule has 13 aromatic rings. The third-order valence-electron chi connectivity index (χ3n) is 12.2. The molecule has 4 aromatic heterocycles. The Balaban J connectivity index is 1.13. The first-order valence-electron chi connectivity index (χ1n) is 24.9. The van der Waals surface area contributed by atoms with Crippen molar-refractivity contribution in [3.8, 4) is 12.1 Å². The highest BCUT2D eigenvalue weighted by Crippen LogP contribution is 2.51. The number of anilines is 6. The number of hydrogen-bond acceptors (Lipinski definition) is 4. The molecule has 0 unspecified atom stereocenters. The first-order chi connectivity index (χ1) is 34.8. The number of para-hydroxylation sites is 4. The van der Waals surface area contributed by atoms with Gasteiger partial charge >= 0.3 is 0 Å². The van der Waals surface area contributed by atoms with Gasteiger partial charge in [0, 0.05) is 65.8 Å². The zero-order valence-corrected chi connectivity index (χ0v) is 32.4. The van der Waals surface area contributed by atoms with E-state index in [4.69, 9.17) is 13.7 Å². The highest BCUT2D eigenvalue weighted by Gasteiger charge is 2.27. The summed E-state index contributed by atoms with van der Waals surface area (Å²) < 4.78 is 92.6. The second-order valence-electron chi connectivity index (χ2n) is 15.2. The molecule has 0 fully saturated rings. The summed E-state index contributed by atoms with van der Waals surface area (Å²) >= 11 is 0. The summed E-state index contributed by atoms with van der Waals surface area (Å²) in [5, 5.41) is 26.5. The van der Waals surface area contributed by atoms with E-state index in [0.29, 0.717) is 33.9 Å². The zero-order valence-electron chi connectivity index (χ0n) is 42.4. The minimum absolute atomic E-state index is 0.0314. The summed E-state index contributed by atoms with van der Waals surface area (Å²) in [4.78, 5) is 3.39. The van der Waals surface area contributed by atoms with E-state index < -0.39 is 36.3 Å². The fourth-order valence-corrected chi connectivity index (χ4v) is 9.70. The predicted octanol–water partition coefficient (Wildman–Crippen LogP) is 14.7. The maximum atomic E-state index is 9.72. The van der Waals surface area contributed by atoms with Crippen LogP contribution in [0.15, 0.2) is 194 Å². The fourth-order valence-electron chi connectivity index (χ4n) is 9.70. The van der Waals surface area contributed by atoms with Gasteiger partial charge in [-0.15, -0.1) is 0 Å². The van der Waals surface area contributed by atoms with Crippen LogP contribution < -0.4 is 9.80 Å². The number of aromatic nitrogens is 2. The van der Waals surface area contributed by atoms with Crippen LogP contribution in [-0.2, 0) is 0 Å². The fraction of sp³-hybridized carbons (Fsp3) is 0. The standard InChI is InChI=1S/C56H32N6/c57-33-35-19-23-39(24-20-35)59(37-11-3-1-4-12-37)49-29-27-41-45-31-52-46(32-51(45)61-47-17-9-7-15-43(47)53(49)55(41)61)42-28-30-50(54-44-16-8-10-18-48(44)62(52)56(42)54)60(38-13-5-2-6-14-38)40-25-21-36(34-58)22-26-40/h1-32H/i1D,2D,3D,4D,5D,6D,11D,12D,13D,14D. The molecule has 62 heavy (non-hydrogen) atoms. The SMILES string of the molecule is [2H]c1c([2H])c([2H])c(N(c2ccc(C#N)cc2)c2ccc3c4cc5c(cc4n4c6ccccc6c2c34)c2ccc(N(c3ccc(C#N)cc3)c3c([2H])c([2H])c([2H])c([2H])c3[2H])c3c4ccccc4n5c23)c([2H])c1[2H]. The van der Waals surface area contributed by atoms with Gasteiger partial charge in [0.15, 0.2) is 0 Å². The van der Waals surface area contributed by atoms with Crippen molar-refractivity contribution in [3.63, 3.8) is 0 Å². The summed E-state index contributed by atoms with van der Waals surface area (Å²) in [6.45, 7) is 0. The molecule has 0 aliphatic heterocycles. The Morgan fingerprint density at radius 3 is 1.19 bits per heavy atom. The van der Waals surface area contributed by atoms with Crippen LogP contribution in [0.5, 0.6) is 0 Å². The third kappa shape index (κ3) is 4.61. The van der Waals surface area contributed by atoms with Crippen LogP contribution >= 0.6 is 0 Å². The molecule has 286 valence electrons. The van der Waals surface area contributed by atoms with E-state index in [1.807, 2.05) is 72.8 Å². The molecule has 9 aromatic carbocycles. The van der Waals surface area contributed by atoms with Crippen LogP contribution in [0.2, 0.25) is 0 Å². The average molecular weight is 799 g/mol. The van der Waals surface area contributed by atoms with Crippen molar-refractivity contribution < 1.29 is 13.7 Å². The van der Waals surface area contributed by atoms with E-state index in [-0.39, 0.29) is 35.5 Å². The molecule has 0 aliphatic rings.